The van der Waals surface area contributed by atoms with Crippen molar-refractivity contribution < 1.29 is 14.7 Å². The average Bonchev–Trinajstić information content (AvgIpc) is 2.90. The van der Waals surface area contributed by atoms with Gasteiger partial charge in [-0.3, -0.25) is 4.79 Å². The molecule has 6 nitrogen and oxygen atoms in total. The van der Waals surface area contributed by atoms with Gasteiger partial charge in [0.2, 0.25) is 0 Å². The predicted octanol–water partition coefficient (Wildman–Crippen LogP) is 1.52. The first-order valence-electron chi connectivity index (χ1n) is 7.88. The predicted molar refractivity (Wildman–Crippen MR) is 82.3 cm³/mol. The molecule has 0 bridgehead atoms. The van der Waals surface area contributed by atoms with Crippen LogP contribution in [0, 0.1) is 11.8 Å². The summed E-state index contributed by atoms with van der Waals surface area (Å²) in [6.45, 7) is 9.46. The van der Waals surface area contributed by atoms with Crippen molar-refractivity contribution in [3.05, 3.63) is 0 Å². The van der Waals surface area contributed by atoms with E-state index in [-0.39, 0.29) is 11.9 Å². The molecule has 0 saturated carbocycles. The van der Waals surface area contributed by atoms with Crippen molar-refractivity contribution in [1.82, 2.24) is 15.5 Å². The molecule has 2 atom stereocenters. The van der Waals surface area contributed by atoms with Crippen molar-refractivity contribution in [2.24, 2.45) is 11.8 Å². The first-order chi connectivity index (χ1) is 9.90. The SMILES string of the molecule is CC(CCCNC(=O)NCC1CCN(C(C)C)C1)C(=O)O. The molecule has 1 fully saturated rings. The lowest BCUT2D eigenvalue weighted by Crippen LogP contribution is -2.39. The fraction of sp³-hybridized carbons (Fsp3) is 0.867. The highest BCUT2D eigenvalue weighted by atomic mass is 16.4. The Morgan fingerprint density at radius 1 is 1.29 bits per heavy atom. The van der Waals surface area contributed by atoms with E-state index >= 15 is 0 Å². The lowest BCUT2D eigenvalue weighted by molar-refractivity contribution is -0.141. The second kappa shape index (κ2) is 8.87. The van der Waals surface area contributed by atoms with Gasteiger partial charge in [0, 0.05) is 25.7 Å². The van der Waals surface area contributed by atoms with Crippen LogP contribution >= 0.6 is 0 Å². The summed E-state index contributed by atoms with van der Waals surface area (Å²) in [6, 6.07) is 0.418. The topological polar surface area (TPSA) is 81.7 Å². The van der Waals surface area contributed by atoms with Crippen LogP contribution in [0.15, 0.2) is 0 Å². The zero-order valence-electron chi connectivity index (χ0n) is 13.4. The number of carboxylic acid groups (broad SMARTS) is 1. The smallest absolute Gasteiger partial charge is 0.314 e. The standard InChI is InChI=1S/C15H29N3O3/c1-11(2)18-8-6-13(10-18)9-17-15(21)16-7-4-5-12(3)14(19)20/h11-13H,4-10H2,1-3H3,(H,19,20)(H2,16,17,21). The maximum absolute atomic E-state index is 11.6. The summed E-state index contributed by atoms with van der Waals surface area (Å²) in [6.07, 6.45) is 2.40. The summed E-state index contributed by atoms with van der Waals surface area (Å²) < 4.78 is 0. The molecule has 0 aromatic rings. The summed E-state index contributed by atoms with van der Waals surface area (Å²) in [5.41, 5.74) is 0. The number of hydrogen-bond donors (Lipinski definition) is 3. The molecule has 1 aliphatic heterocycles. The Kier molecular flexibility index (Phi) is 7.50. The number of amides is 2. The van der Waals surface area contributed by atoms with Gasteiger partial charge in [-0.25, -0.2) is 4.79 Å². The van der Waals surface area contributed by atoms with Gasteiger partial charge in [0.1, 0.15) is 0 Å². The number of hydrogen-bond acceptors (Lipinski definition) is 3. The van der Waals surface area contributed by atoms with Crippen molar-refractivity contribution in [1.29, 1.82) is 0 Å². The van der Waals surface area contributed by atoms with Crippen LogP contribution in [0.3, 0.4) is 0 Å². The fourth-order valence-corrected chi connectivity index (χ4v) is 2.53. The summed E-state index contributed by atoms with van der Waals surface area (Å²) in [5, 5.41) is 14.4. The largest absolute Gasteiger partial charge is 0.481 e. The zero-order chi connectivity index (χ0) is 15.8. The van der Waals surface area contributed by atoms with Crippen molar-refractivity contribution in [3.8, 4) is 0 Å². The summed E-state index contributed by atoms with van der Waals surface area (Å²) in [5.74, 6) is -0.601. The summed E-state index contributed by atoms with van der Waals surface area (Å²) in [7, 11) is 0. The highest BCUT2D eigenvalue weighted by Crippen LogP contribution is 2.17. The van der Waals surface area contributed by atoms with Gasteiger partial charge in [0.15, 0.2) is 0 Å². The summed E-state index contributed by atoms with van der Waals surface area (Å²) >= 11 is 0. The molecular weight excluding hydrogens is 270 g/mol. The van der Waals surface area contributed by atoms with Crippen LogP contribution in [0.25, 0.3) is 0 Å². The molecule has 1 heterocycles. The Labute approximate surface area is 127 Å². The Balaban J connectivity index is 2.06. The van der Waals surface area contributed by atoms with E-state index in [0.717, 1.165) is 19.5 Å². The fourth-order valence-electron chi connectivity index (χ4n) is 2.53. The third kappa shape index (κ3) is 6.80. The Morgan fingerprint density at radius 2 is 2.00 bits per heavy atom. The number of nitrogens with one attached hydrogen (secondary N) is 2. The van der Waals surface area contributed by atoms with E-state index in [9.17, 15) is 9.59 Å². The van der Waals surface area contributed by atoms with E-state index in [1.54, 1.807) is 6.92 Å². The minimum Gasteiger partial charge on any atom is -0.481 e. The van der Waals surface area contributed by atoms with Crippen molar-refractivity contribution >= 4 is 12.0 Å². The van der Waals surface area contributed by atoms with E-state index in [2.05, 4.69) is 29.4 Å². The van der Waals surface area contributed by atoms with Crippen LogP contribution in [-0.4, -0.2) is 54.2 Å². The molecule has 0 aromatic carbocycles. The maximum Gasteiger partial charge on any atom is 0.314 e. The van der Waals surface area contributed by atoms with Crippen molar-refractivity contribution in [3.63, 3.8) is 0 Å². The molecule has 1 saturated heterocycles. The molecule has 21 heavy (non-hydrogen) atoms. The van der Waals surface area contributed by atoms with Gasteiger partial charge in [-0.1, -0.05) is 6.92 Å². The number of aliphatic carboxylic acids is 1. The molecule has 2 unspecified atom stereocenters. The molecule has 0 aliphatic carbocycles. The molecule has 1 aliphatic rings. The second-order valence-electron chi connectivity index (χ2n) is 6.26. The van der Waals surface area contributed by atoms with Gasteiger partial charge in [-0.2, -0.15) is 0 Å². The Morgan fingerprint density at radius 3 is 2.57 bits per heavy atom. The summed E-state index contributed by atoms with van der Waals surface area (Å²) in [4.78, 5) is 24.7. The molecule has 2 amide bonds. The number of carbonyl (C=O) groups is 2. The highest BCUT2D eigenvalue weighted by molar-refractivity contribution is 5.73. The van der Waals surface area contributed by atoms with Crippen molar-refractivity contribution in [2.75, 3.05) is 26.2 Å². The number of urea groups is 1. The number of carbonyl (C=O) groups excluding carboxylic acids is 1. The maximum atomic E-state index is 11.6. The van der Waals surface area contributed by atoms with Gasteiger partial charge in [0.25, 0.3) is 0 Å². The highest BCUT2D eigenvalue weighted by Gasteiger charge is 2.24. The third-order valence-corrected chi connectivity index (χ3v) is 4.12. The second-order valence-corrected chi connectivity index (χ2v) is 6.26. The van der Waals surface area contributed by atoms with E-state index in [1.807, 2.05) is 0 Å². The van der Waals surface area contributed by atoms with Crippen LogP contribution in [0.4, 0.5) is 4.79 Å². The van der Waals surface area contributed by atoms with Crippen LogP contribution in [0.5, 0.6) is 0 Å². The number of rotatable bonds is 8. The lowest BCUT2D eigenvalue weighted by atomic mass is 10.1. The average molecular weight is 299 g/mol. The van der Waals surface area contributed by atoms with Crippen LogP contribution in [0.2, 0.25) is 0 Å². The molecule has 0 aromatic heterocycles. The molecular formula is C15H29N3O3. The zero-order valence-corrected chi connectivity index (χ0v) is 13.4. The number of carboxylic acids is 1. The first-order valence-corrected chi connectivity index (χ1v) is 7.88. The van der Waals surface area contributed by atoms with E-state index < -0.39 is 5.97 Å². The van der Waals surface area contributed by atoms with E-state index in [0.29, 0.717) is 37.9 Å². The van der Waals surface area contributed by atoms with Gasteiger partial charge < -0.3 is 20.6 Å². The minimum atomic E-state index is -0.782. The van der Waals surface area contributed by atoms with Crippen LogP contribution < -0.4 is 10.6 Å². The van der Waals surface area contributed by atoms with Gasteiger partial charge in [-0.05, 0) is 45.6 Å². The van der Waals surface area contributed by atoms with Crippen LogP contribution in [0.1, 0.15) is 40.0 Å². The van der Waals surface area contributed by atoms with Crippen LogP contribution in [-0.2, 0) is 4.79 Å². The first kappa shape index (κ1) is 17.8. The quantitative estimate of drug-likeness (QED) is 0.594. The molecule has 0 spiro atoms. The molecule has 122 valence electrons. The molecule has 0 radical (unpaired) electrons. The monoisotopic (exact) mass is 299 g/mol. The van der Waals surface area contributed by atoms with E-state index in [4.69, 9.17) is 5.11 Å². The molecule has 3 N–H and O–H groups in total. The normalized spacial score (nSPS) is 20.5. The number of nitrogens with zero attached hydrogens (tertiary/aromatic N) is 1. The Hall–Kier alpha value is -1.30. The van der Waals surface area contributed by atoms with Gasteiger partial charge in [0.05, 0.1) is 5.92 Å². The lowest BCUT2D eigenvalue weighted by Gasteiger charge is -2.20. The van der Waals surface area contributed by atoms with E-state index in [1.165, 1.54) is 0 Å². The Bertz CT molecular complexity index is 347. The third-order valence-electron chi connectivity index (χ3n) is 4.12. The number of likely N-dealkylation sites (tertiary alicyclic amines) is 1. The minimum absolute atomic E-state index is 0.152. The molecule has 1 rings (SSSR count). The van der Waals surface area contributed by atoms with Crippen molar-refractivity contribution in [2.45, 2.75) is 46.1 Å². The molecule has 6 heteroatoms. The van der Waals surface area contributed by atoms with Gasteiger partial charge in [-0.15, -0.1) is 0 Å². The van der Waals surface area contributed by atoms with Gasteiger partial charge >= 0.3 is 12.0 Å².